The van der Waals surface area contributed by atoms with Gasteiger partial charge < -0.3 is 19.8 Å². The molecule has 1 fully saturated rings. The lowest BCUT2D eigenvalue weighted by atomic mass is 10.0. The number of rotatable bonds is 4. The Labute approximate surface area is 126 Å². The zero-order valence-electron chi connectivity index (χ0n) is 11.5. The van der Waals surface area contributed by atoms with E-state index < -0.39 is 23.8 Å². The maximum Gasteiger partial charge on any atom is 0.311 e. The molecule has 0 aromatic heterocycles. The summed E-state index contributed by atoms with van der Waals surface area (Å²) in [6, 6.07) is 3.62. The SMILES string of the molecule is CCN(C(=O)c1cc(Cl)ccc1O)C1COCC1C(=O)O. The van der Waals surface area contributed by atoms with Crippen molar-refractivity contribution in [2.45, 2.75) is 13.0 Å². The van der Waals surface area contributed by atoms with E-state index in [9.17, 15) is 19.8 Å². The second-order valence-corrected chi connectivity index (χ2v) is 5.24. The molecule has 1 aromatic rings. The molecule has 1 aliphatic heterocycles. The molecule has 21 heavy (non-hydrogen) atoms. The normalized spacial score (nSPS) is 21.2. The molecule has 2 unspecified atom stereocenters. The number of amides is 1. The number of ether oxygens (including phenoxy) is 1. The number of hydrogen-bond donors (Lipinski definition) is 2. The predicted octanol–water partition coefficient (Wildman–Crippen LogP) is 1.61. The first-order valence-corrected chi connectivity index (χ1v) is 6.93. The Morgan fingerprint density at radius 2 is 2.14 bits per heavy atom. The highest BCUT2D eigenvalue weighted by Gasteiger charge is 2.40. The highest BCUT2D eigenvalue weighted by Crippen LogP contribution is 2.27. The van der Waals surface area contributed by atoms with Gasteiger partial charge in [-0.3, -0.25) is 9.59 Å². The number of hydrogen-bond acceptors (Lipinski definition) is 4. The number of phenols is 1. The molecule has 0 radical (unpaired) electrons. The van der Waals surface area contributed by atoms with Crippen LogP contribution >= 0.6 is 11.6 Å². The van der Waals surface area contributed by atoms with Crippen molar-refractivity contribution in [3.8, 4) is 5.75 Å². The average Bonchev–Trinajstić information content (AvgIpc) is 2.91. The first kappa shape index (κ1) is 15.6. The number of phenolic OH excluding ortho intramolecular Hbond substituents is 1. The fourth-order valence-electron chi connectivity index (χ4n) is 2.45. The van der Waals surface area contributed by atoms with E-state index in [1.807, 2.05) is 0 Å². The largest absolute Gasteiger partial charge is 0.507 e. The molecule has 0 aliphatic carbocycles. The molecule has 0 bridgehead atoms. The quantitative estimate of drug-likeness (QED) is 0.881. The van der Waals surface area contributed by atoms with Crippen LogP contribution in [0.25, 0.3) is 0 Å². The van der Waals surface area contributed by atoms with E-state index >= 15 is 0 Å². The number of nitrogens with zero attached hydrogens (tertiary/aromatic N) is 1. The van der Waals surface area contributed by atoms with Crippen LogP contribution in [0, 0.1) is 5.92 Å². The van der Waals surface area contributed by atoms with Crippen LogP contribution in [0.15, 0.2) is 18.2 Å². The van der Waals surface area contributed by atoms with Gasteiger partial charge in [-0.1, -0.05) is 11.6 Å². The van der Waals surface area contributed by atoms with E-state index in [1.165, 1.54) is 23.1 Å². The summed E-state index contributed by atoms with van der Waals surface area (Å²) in [7, 11) is 0. The number of carboxylic acid groups (broad SMARTS) is 1. The minimum atomic E-state index is -1.00. The fraction of sp³-hybridized carbons (Fsp3) is 0.429. The number of carboxylic acids is 1. The molecule has 2 atom stereocenters. The van der Waals surface area contributed by atoms with Gasteiger partial charge in [0.05, 0.1) is 24.8 Å². The van der Waals surface area contributed by atoms with Crippen LogP contribution in [-0.4, -0.2) is 52.8 Å². The van der Waals surface area contributed by atoms with Gasteiger partial charge >= 0.3 is 5.97 Å². The maximum atomic E-state index is 12.6. The van der Waals surface area contributed by atoms with E-state index in [-0.39, 0.29) is 24.5 Å². The van der Waals surface area contributed by atoms with E-state index in [0.717, 1.165) is 0 Å². The van der Waals surface area contributed by atoms with Crippen molar-refractivity contribution in [1.29, 1.82) is 0 Å². The van der Waals surface area contributed by atoms with Gasteiger partial charge in [0.2, 0.25) is 0 Å². The number of carbonyl (C=O) groups excluding carboxylic acids is 1. The Hall–Kier alpha value is -1.79. The number of carbonyl (C=O) groups is 2. The molecular formula is C14H16ClNO5. The van der Waals surface area contributed by atoms with E-state index in [2.05, 4.69) is 0 Å². The third kappa shape index (κ3) is 3.11. The Bertz CT molecular complexity index is 562. The maximum absolute atomic E-state index is 12.6. The molecular weight excluding hydrogens is 298 g/mol. The highest BCUT2D eigenvalue weighted by molar-refractivity contribution is 6.31. The minimum absolute atomic E-state index is 0.0559. The van der Waals surface area contributed by atoms with Gasteiger partial charge in [0.25, 0.3) is 5.91 Å². The van der Waals surface area contributed by atoms with E-state index in [0.29, 0.717) is 11.6 Å². The van der Waals surface area contributed by atoms with Crippen molar-refractivity contribution < 1.29 is 24.5 Å². The van der Waals surface area contributed by atoms with Gasteiger partial charge in [0.1, 0.15) is 11.7 Å². The number of benzene rings is 1. The summed E-state index contributed by atoms with van der Waals surface area (Å²) in [5.74, 6) is -2.41. The third-order valence-corrected chi connectivity index (χ3v) is 3.79. The number of likely N-dealkylation sites (N-methyl/N-ethyl adjacent to an activating group) is 1. The third-order valence-electron chi connectivity index (χ3n) is 3.56. The monoisotopic (exact) mass is 313 g/mol. The molecule has 2 rings (SSSR count). The summed E-state index contributed by atoms with van der Waals surface area (Å²) in [4.78, 5) is 25.2. The molecule has 1 aromatic carbocycles. The lowest BCUT2D eigenvalue weighted by molar-refractivity contribution is -0.142. The van der Waals surface area contributed by atoms with Gasteiger partial charge in [-0.2, -0.15) is 0 Å². The Kier molecular flexibility index (Phi) is 4.69. The highest BCUT2D eigenvalue weighted by atomic mass is 35.5. The summed E-state index contributed by atoms with van der Waals surface area (Å²) in [6.45, 7) is 2.29. The molecule has 7 heteroatoms. The summed E-state index contributed by atoms with van der Waals surface area (Å²) in [6.07, 6.45) is 0. The molecule has 114 valence electrons. The zero-order valence-corrected chi connectivity index (χ0v) is 12.2. The van der Waals surface area contributed by atoms with Gasteiger partial charge in [-0.05, 0) is 25.1 Å². The van der Waals surface area contributed by atoms with Gasteiger partial charge in [0, 0.05) is 11.6 Å². The fourth-order valence-corrected chi connectivity index (χ4v) is 2.62. The van der Waals surface area contributed by atoms with Crippen LogP contribution in [0.2, 0.25) is 5.02 Å². The Morgan fingerprint density at radius 1 is 1.43 bits per heavy atom. The van der Waals surface area contributed by atoms with Crippen LogP contribution in [0.3, 0.4) is 0 Å². The second-order valence-electron chi connectivity index (χ2n) is 4.80. The summed E-state index contributed by atoms with van der Waals surface area (Å²) < 4.78 is 5.19. The number of halogens is 1. The van der Waals surface area contributed by atoms with Crippen molar-refractivity contribution in [2.75, 3.05) is 19.8 Å². The first-order valence-electron chi connectivity index (χ1n) is 6.55. The molecule has 1 amide bonds. The van der Waals surface area contributed by atoms with Gasteiger partial charge in [-0.25, -0.2) is 0 Å². The van der Waals surface area contributed by atoms with Crippen molar-refractivity contribution >= 4 is 23.5 Å². The molecule has 0 spiro atoms. The van der Waals surface area contributed by atoms with Crippen LogP contribution < -0.4 is 0 Å². The first-order chi connectivity index (χ1) is 9.95. The number of aromatic hydroxyl groups is 1. The van der Waals surface area contributed by atoms with Gasteiger partial charge in [0.15, 0.2) is 0 Å². The Balaban J connectivity index is 2.30. The van der Waals surface area contributed by atoms with Crippen LogP contribution in [0.5, 0.6) is 5.75 Å². The Morgan fingerprint density at radius 3 is 2.76 bits per heavy atom. The smallest absolute Gasteiger partial charge is 0.311 e. The van der Waals surface area contributed by atoms with E-state index in [4.69, 9.17) is 16.3 Å². The number of aliphatic carboxylic acids is 1. The summed E-state index contributed by atoms with van der Waals surface area (Å²) >= 11 is 5.85. The molecule has 1 aliphatic rings. The zero-order chi connectivity index (χ0) is 15.6. The van der Waals surface area contributed by atoms with Crippen molar-refractivity contribution in [3.05, 3.63) is 28.8 Å². The lowest BCUT2D eigenvalue weighted by Crippen LogP contribution is -2.46. The molecule has 2 N–H and O–H groups in total. The average molecular weight is 314 g/mol. The second kappa shape index (κ2) is 6.32. The van der Waals surface area contributed by atoms with Crippen LogP contribution in [0.4, 0.5) is 0 Å². The summed E-state index contributed by atoms with van der Waals surface area (Å²) in [5.41, 5.74) is 0.0559. The molecule has 6 nitrogen and oxygen atoms in total. The summed E-state index contributed by atoms with van der Waals surface area (Å²) in [5, 5.41) is 19.3. The lowest BCUT2D eigenvalue weighted by Gasteiger charge is -2.29. The standard InChI is InChI=1S/C14H16ClNO5/c1-2-16(11-7-21-6-10(11)14(19)20)13(18)9-5-8(15)3-4-12(9)17/h3-5,10-11,17H,2,6-7H2,1H3,(H,19,20). The minimum Gasteiger partial charge on any atom is -0.507 e. The van der Waals surface area contributed by atoms with E-state index in [1.54, 1.807) is 6.92 Å². The predicted molar refractivity (Wildman–Crippen MR) is 75.6 cm³/mol. The van der Waals surface area contributed by atoms with Crippen molar-refractivity contribution in [1.82, 2.24) is 4.90 Å². The van der Waals surface area contributed by atoms with Crippen LogP contribution in [0.1, 0.15) is 17.3 Å². The van der Waals surface area contributed by atoms with Crippen molar-refractivity contribution in [3.63, 3.8) is 0 Å². The molecule has 1 heterocycles. The topological polar surface area (TPSA) is 87.1 Å². The molecule has 0 saturated carbocycles. The van der Waals surface area contributed by atoms with Crippen LogP contribution in [-0.2, 0) is 9.53 Å². The van der Waals surface area contributed by atoms with Crippen molar-refractivity contribution in [2.24, 2.45) is 5.92 Å². The molecule has 1 saturated heterocycles. The van der Waals surface area contributed by atoms with Gasteiger partial charge in [-0.15, -0.1) is 0 Å².